The number of nitrogens with two attached hydrogens (primary N) is 1. The Morgan fingerprint density at radius 3 is 2.17 bits per heavy atom. The Morgan fingerprint density at radius 1 is 1.25 bits per heavy atom. The van der Waals surface area contributed by atoms with Crippen LogP contribution in [0, 0.1) is 0 Å². The van der Waals surface area contributed by atoms with Crippen molar-refractivity contribution in [1.29, 1.82) is 0 Å². The fourth-order valence-corrected chi connectivity index (χ4v) is 0.964. The van der Waals surface area contributed by atoms with Crippen molar-refractivity contribution < 1.29 is 10.2 Å². The Labute approximate surface area is 70.6 Å². The quantitative estimate of drug-likeness (QED) is 0.385. The number of aromatic hydroxyl groups is 2. The van der Waals surface area contributed by atoms with Crippen LogP contribution in [0.3, 0.4) is 0 Å². The van der Waals surface area contributed by atoms with E-state index in [0.717, 1.165) is 5.56 Å². The molecule has 4 heteroatoms. The molecule has 0 fully saturated rings. The minimum absolute atomic E-state index is 0.0344. The highest BCUT2D eigenvalue weighted by molar-refractivity contribution is 5.37. The zero-order valence-corrected chi connectivity index (χ0v) is 6.78. The maximum atomic E-state index is 9.11. The van der Waals surface area contributed by atoms with Gasteiger partial charge in [-0.1, -0.05) is 0 Å². The average molecular weight is 168 g/mol. The normalized spacial score (nSPS) is 12.8. The first-order valence-corrected chi connectivity index (χ1v) is 3.62. The summed E-state index contributed by atoms with van der Waals surface area (Å²) >= 11 is 0. The van der Waals surface area contributed by atoms with Gasteiger partial charge in [0.05, 0.1) is 0 Å². The molecule has 0 bridgehead atoms. The molecule has 4 nitrogen and oxygen atoms in total. The summed E-state index contributed by atoms with van der Waals surface area (Å²) in [6, 6.07) is 4.27. The van der Waals surface area contributed by atoms with Gasteiger partial charge in [0, 0.05) is 12.1 Å². The Bertz CT molecular complexity index is 256. The third-order valence-electron chi connectivity index (χ3n) is 1.67. The molecule has 66 valence electrons. The molecule has 0 saturated heterocycles. The summed E-state index contributed by atoms with van der Waals surface area (Å²) in [5.74, 6) is 5.26. The molecule has 0 amide bonds. The summed E-state index contributed by atoms with van der Waals surface area (Å²) in [6.07, 6.45) is 0. The molecule has 5 N–H and O–H groups in total. The van der Waals surface area contributed by atoms with E-state index in [2.05, 4.69) is 5.43 Å². The van der Waals surface area contributed by atoms with Gasteiger partial charge in [-0.3, -0.25) is 11.3 Å². The van der Waals surface area contributed by atoms with Gasteiger partial charge in [0.1, 0.15) is 11.5 Å². The van der Waals surface area contributed by atoms with Crippen LogP contribution in [-0.2, 0) is 0 Å². The van der Waals surface area contributed by atoms with Gasteiger partial charge in [0.2, 0.25) is 0 Å². The smallest absolute Gasteiger partial charge is 0.119 e. The lowest BCUT2D eigenvalue weighted by atomic mass is 10.1. The number of phenols is 2. The summed E-state index contributed by atoms with van der Waals surface area (Å²) in [6.45, 7) is 1.83. The van der Waals surface area contributed by atoms with E-state index in [9.17, 15) is 0 Å². The van der Waals surface area contributed by atoms with Crippen LogP contribution in [-0.4, -0.2) is 10.2 Å². The standard InChI is InChI=1S/C8H12N2O2/c1-5(10-9)6-2-7(11)4-8(12)3-6/h2-5,10-12H,9H2,1H3/t5-/m0/s1. The lowest BCUT2D eigenvalue weighted by molar-refractivity contribution is 0.446. The van der Waals surface area contributed by atoms with E-state index in [1.165, 1.54) is 6.07 Å². The van der Waals surface area contributed by atoms with Crippen molar-refractivity contribution in [3.63, 3.8) is 0 Å². The van der Waals surface area contributed by atoms with E-state index in [-0.39, 0.29) is 17.5 Å². The van der Waals surface area contributed by atoms with E-state index in [1.807, 2.05) is 6.92 Å². The first kappa shape index (κ1) is 8.83. The number of phenolic OH excluding ortho intramolecular Hbond substituents is 2. The molecule has 0 unspecified atom stereocenters. The topological polar surface area (TPSA) is 78.5 Å². The largest absolute Gasteiger partial charge is 0.508 e. The van der Waals surface area contributed by atoms with Crippen molar-refractivity contribution in [1.82, 2.24) is 5.43 Å². The predicted molar refractivity (Wildman–Crippen MR) is 45.5 cm³/mol. The molecule has 0 heterocycles. The Hall–Kier alpha value is -1.26. The minimum atomic E-state index is -0.0944. The second-order valence-electron chi connectivity index (χ2n) is 2.67. The molecular formula is C8H12N2O2. The van der Waals surface area contributed by atoms with Crippen molar-refractivity contribution in [2.75, 3.05) is 0 Å². The van der Waals surface area contributed by atoms with Gasteiger partial charge in [-0.15, -0.1) is 0 Å². The van der Waals surface area contributed by atoms with Crippen molar-refractivity contribution in [3.8, 4) is 11.5 Å². The number of nitrogens with one attached hydrogen (secondary N) is 1. The Kier molecular flexibility index (Phi) is 2.52. The highest BCUT2D eigenvalue weighted by atomic mass is 16.3. The van der Waals surface area contributed by atoms with E-state index in [4.69, 9.17) is 16.1 Å². The summed E-state index contributed by atoms with van der Waals surface area (Å²) in [7, 11) is 0. The summed E-state index contributed by atoms with van der Waals surface area (Å²) in [5.41, 5.74) is 3.26. The molecule has 0 aliphatic heterocycles. The summed E-state index contributed by atoms with van der Waals surface area (Å²) in [4.78, 5) is 0. The van der Waals surface area contributed by atoms with Crippen LogP contribution >= 0.6 is 0 Å². The first-order valence-electron chi connectivity index (χ1n) is 3.62. The molecule has 0 radical (unpaired) electrons. The third-order valence-corrected chi connectivity index (χ3v) is 1.67. The molecule has 1 aromatic carbocycles. The molecule has 0 spiro atoms. The molecule has 1 atom stereocenters. The maximum Gasteiger partial charge on any atom is 0.119 e. The van der Waals surface area contributed by atoms with Crippen molar-refractivity contribution >= 4 is 0 Å². The Morgan fingerprint density at radius 2 is 1.75 bits per heavy atom. The fraction of sp³-hybridized carbons (Fsp3) is 0.250. The highest BCUT2D eigenvalue weighted by Gasteiger charge is 2.05. The van der Waals surface area contributed by atoms with Gasteiger partial charge in [-0.2, -0.15) is 0 Å². The van der Waals surface area contributed by atoms with Crippen LogP contribution in [0.15, 0.2) is 18.2 Å². The van der Waals surface area contributed by atoms with Gasteiger partial charge < -0.3 is 10.2 Å². The second kappa shape index (κ2) is 3.42. The van der Waals surface area contributed by atoms with Crippen LogP contribution in [0.1, 0.15) is 18.5 Å². The molecule has 0 saturated carbocycles. The van der Waals surface area contributed by atoms with Crippen LogP contribution < -0.4 is 11.3 Å². The molecule has 0 aliphatic rings. The monoisotopic (exact) mass is 168 g/mol. The number of hydrogen-bond acceptors (Lipinski definition) is 4. The van der Waals surface area contributed by atoms with Crippen LogP contribution in [0.25, 0.3) is 0 Å². The van der Waals surface area contributed by atoms with Crippen molar-refractivity contribution in [2.45, 2.75) is 13.0 Å². The van der Waals surface area contributed by atoms with Crippen molar-refractivity contribution in [3.05, 3.63) is 23.8 Å². The van der Waals surface area contributed by atoms with Gasteiger partial charge in [-0.05, 0) is 24.6 Å². The predicted octanol–water partition coefficient (Wildman–Crippen LogP) is 0.622. The number of benzene rings is 1. The molecule has 1 rings (SSSR count). The third kappa shape index (κ3) is 1.87. The fourth-order valence-electron chi connectivity index (χ4n) is 0.964. The van der Waals surface area contributed by atoms with E-state index < -0.39 is 0 Å². The van der Waals surface area contributed by atoms with Crippen LogP contribution in [0.5, 0.6) is 11.5 Å². The lowest BCUT2D eigenvalue weighted by Crippen LogP contribution is -2.25. The maximum absolute atomic E-state index is 9.11. The molecular weight excluding hydrogens is 156 g/mol. The molecule has 1 aromatic rings. The SMILES string of the molecule is C[C@H](NN)c1cc(O)cc(O)c1. The van der Waals surface area contributed by atoms with Gasteiger partial charge in [0.15, 0.2) is 0 Å². The highest BCUT2D eigenvalue weighted by Crippen LogP contribution is 2.23. The van der Waals surface area contributed by atoms with Crippen LogP contribution in [0.2, 0.25) is 0 Å². The number of hydrazine groups is 1. The zero-order chi connectivity index (χ0) is 9.14. The molecule has 0 aromatic heterocycles. The number of hydrogen-bond donors (Lipinski definition) is 4. The van der Waals surface area contributed by atoms with Gasteiger partial charge in [-0.25, -0.2) is 0 Å². The summed E-state index contributed by atoms with van der Waals surface area (Å²) < 4.78 is 0. The Balaban J connectivity index is 3.00. The van der Waals surface area contributed by atoms with Gasteiger partial charge in [0.25, 0.3) is 0 Å². The first-order chi connectivity index (χ1) is 5.63. The number of rotatable bonds is 2. The zero-order valence-electron chi connectivity index (χ0n) is 6.78. The van der Waals surface area contributed by atoms with Crippen LogP contribution in [0.4, 0.5) is 0 Å². The van der Waals surface area contributed by atoms with E-state index >= 15 is 0 Å². The van der Waals surface area contributed by atoms with Gasteiger partial charge >= 0.3 is 0 Å². The van der Waals surface area contributed by atoms with E-state index in [1.54, 1.807) is 12.1 Å². The lowest BCUT2D eigenvalue weighted by Gasteiger charge is -2.10. The molecule has 0 aliphatic carbocycles. The second-order valence-corrected chi connectivity index (χ2v) is 2.67. The minimum Gasteiger partial charge on any atom is -0.508 e. The summed E-state index contributed by atoms with van der Waals surface area (Å²) in [5, 5.41) is 18.2. The van der Waals surface area contributed by atoms with E-state index in [0.29, 0.717) is 0 Å². The molecule has 12 heavy (non-hydrogen) atoms. The average Bonchev–Trinajstić information content (AvgIpc) is 2.01. The van der Waals surface area contributed by atoms with Crippen molar-refractivity contribution in [2.24, 2.45) is 5.84 Å².